The molecule has 6 heteroatoms. The number of nitrogens with one attached hydrogen (secondary N) is 1. The summed E-state index contributed by atoms with van der Waals surface area (Å²) in [4.78, 5) is 0.256. The van der Waals surface area contributed by atoms with Crippen LogP contribution in [-0.2, 0) is 10.0 Å². The summed E-state index contributed by atoms with van der Waals surface area (Å²) in [5.74, 6) is 0. The lowest BCUT2D eigenvalue weighted by Gasteiger charge is -2.37. The van der Waals surface area contributed by atoms with Crippen LogP contribution in [-0.4, -0.2) is 38.4 Å². The van der Waals surface area contributed by atoms with E-state index in [1.165, 1.54) is 24.3 Å². The van der Waals surface area contributed by atoms with Crippen LogP contribution in [0.2, 0.25) is 0 Å². The van der Waals surface area contributed by atoms with E-state index in [1.807, 2.05) is 13.0 Å². The zero-order valence-electron chi connectivity index (χ0n) is 10.8. The van der Waals surface area contributed by atoms with Crippen molar-refractivity contribution in [1.82, 2.24) is 9.62 Å². The van der Waals surface area contributed by atoms with Gasteiger partial charge in [0.25, 0.3) is 0 Å². The van der Waals surface area contributed by atoms with E-state index < -0.39 is 10.0 Å². The molecular formula is C13H17N3O2S. The van der Waals surface area contributed by atoms with Gasteiger partial charge in [0.2, 0.25) is 10.0 Å². The molecular weight excluding hydrogens is 262 g/mol. The predicted molar refractivity (Wildman–Crippen MR) is 72.0 cm³/mol. The van der Waals surface area contributed by atoms with Crippen molar-refractivity contribution >= 4 is 10.0 Å². The van der Waals surface area contributed by atoms with E-state index in [0.717, 1.165) is 6.42 Å². The quantitative estimate of drug-likeness (QED) is 0.870. The summed E-state index contributed by atoms with van der Waals surface area (Å²) < 4.78 is 26.7. The molecule has 1 aromatic rings. The summed E-state index contributed by atoms with van der Waals surface area (Å²) >= 11 is 0. The molecule has 1 aromatic carbocycles. The molecule has 0 unspecified atom stereocenters. The highest BCUT2D eigenvalue weighted by Gasteiger charge is 2.33. The van der Waals surface area contributed by atoms with Crippen LogP contribution in [0.4, 0.5) is 0 Å². The molecule has 1 aliphatic rings. The van der Waals surface area contributed by atoms with Gasteiger partial charge in [-0.15, -0.1) is 0 Å². The second kappa shape index (κ2) is 5.70. The summed E-state index contributed by atoms with van der Waals surface area (Å²) in [6, 6.07) is 8.11. The van der Waals surface area contributed by atoms with Crippen LogP contribution < -0.4 is 5.32 Å². The molecule has 0 saturated carbocycles. The van der Waals surface area contributed by atoms with Crippen LogP contribution in [0.5, 0.6) is 0 Å². The minimum absolute atomic E-state index is 0.0422. The first-order chi connectivity index (χ1) is 9.09. The van der Waals surface area contributed by atoms with Crippen molar-refractivity contribution in [2.45, 2.75) is 24.3 Å². The SMILES string of the molecule is CCCN(C1CNC1)S(=O)(=O)c1ccc(C#N)cc1. The van der Waals surface area contributed by atoms with E-state index in [9.17, 15) is 8.42 Å². The van der Waals surface area contributed by atoms with Crippen molar-refractivity contribution in [3.05, 3.63) is 29.8 Å². The molecule has 1 fully saturated rings. The first-order valence-corrected chi connectivity index (χ1v) is 7.76. The fourth-order valence-electron chi connectivity index (χ4n) is 2.03. The van der Waals surface area contributed by atoms with Crippen LogP contribution >= 0.6 is 0 Å². The molecule has 19 heavy (non-hydrogen) atoms. The molecule has 0 atom stereocenters. The van der Waals surface area contributed by atoms with E-state index in [4.69, 9.17) is 5.26 Å². The summed E-state index contributed by atoms with van der Waals surface area (Å²) in [5.41, 5.74) is 0.464. The van der Waals surface area contributed by atoms with Crippen molar-refractivity contribution in [2.75, 3.05) is 19.6 Å². The van der Waals surface area contributed by atoms with E-state index >= 15 is 0 Å². The molecule has 1 N–H and O–H groups in total. The van der Waals surface area contributed by atoms with Crippen molar-refractivity contribution in [1.29, 1.82) is 5.26 Å². The molecule has 1 heterocycles. The maximum atomic E-state index is 12.6. The highest BCUT2D eigenvalue weighted by molar-refractivity contribution is 7.89. The number of hydrogen-bond acceptors (Lipinski definition) is 4. The van der Waals surface area contributed by atoms with Gasteiger partial charge in [0.05, 0.1) is 22.6 Å². The van der Waals surface area contributed by atoms with Crippen LogP contribution in [0.3, 0.4) is 0 Å². The zero-order valence-corrected chi connectivity index (χ0v) is 11.7. The number of sulfonamides is 1. The molecule has 5 nitrogen and oxygen atoms in total. The smallest absolute Gasteiger partial charge is 0.243 e. The second-order valence-electron chi connectivity index (χ2n) is 4.56. The van der Waals surface area contributed by atoms with Gasteiger partial charge in [0.15, 0.2) is 0 Å². The summed E-state index contributed by atoms with van der Waals surface area (Å²) in [6.45, 7) is 3.90. The lowest BCUT2D eigenvalue weighted by atomic mass is 10.2. The van der Waals surface area contributed by atoms with Crippen LogP contribution in [0, 0.1) is 11.3 Å². The van der Waals surface area contributed by atoms with Crippen LogP contribution in [0.1, 0.15) is 18.9 Å². The summed E-state index contributed by atoms with van der Waals surface area (Å²) in [7, 11) is -3.46. The van der Waals surface area contributed by atoms with E-state index in [0.29, 0.717) is 25.2 Å². The van der Waals surface area contributed by atoms with Gasteiger partial charge in [-0.05, 0) is 30.7 Å². The third kappa shape index (κ3) is 2.78. The third-order valence-corrected chi connectivity index (χ3v) is 5.17. The molecule has 2 rings (SSSR count). The van der Waals surface area contributed by atoms with Crippen molar-refractivity contribution in [3.63, 3.8) is 0 Å². The summed E-state index contributed by atoms with van der Waals surface area (Å²) in [6.07, 6.45) is 0.784. The lowest BCUT2D eigenvalue weighted by molar-refractivity contribution is 0.242. The Labute approximate surface area is 113 Å². The first-order valence-electron chi connectivity index (χ1n) is 6.32. The van der Waals surface area contributed by atoms with E-state index in [-0.39, 0.29) is 10.9 Å². The van der Waals surface area contributed by atoms with Gasteiger partial charge in [-0.2, -0.15) is 9.57 Å². The minimum atomic E-state index is -3.46. The van der Waals surface area contributed by atoms with Gasteiger partial charge in [-0.1, -0.05) is 6.92 Å². The Morgan fingerprint density at radius 2 is 2.00 bits per heavy atom. The summed E-state index contributed by atoms with van der Waals surface area (Å²) in [5, 5.41) is 11.8. The Morgan fingerprint density at radius 3 is 2.42 bits per heavy atom. The Kier molecular flexibility index (Phi) is 4.20. The normalized spacial score (nSPS) is 16.1. The molecule has 0 aromatic heterocycles. The Balaban J connectivity index is 2.30. The number of benzene rings is 1. The molecule has 0 radical (unpaired) electrons. The molecule has 1 aliphatic heterocycles. The Hall–Kier alpha value is -1.42. The van der Waals surface area contributed by atoms with E-state index in [1.54, 1.807) is 4.31 Å². The molecule has 0 aliphatic carbocycles. The topological polar surface area (TPSA) is 73.2 Å². The van der Waals surface area contributed by atoms with Gasteiger partial charge in [0.1, 0.15) is 0 Å². The minimum Gasteiger partial charge on any atom is -0.313 e. The van der Waals surface area contributed by atoms with Crippen LogP contribution in [0.25, 0.3) is 0 Å². The number of rotatable bonds is 5. The molecule has 0 amide bonds. The molecule has 102 valence electrons. The second-order valence-corrected chi connectivity index (χ2v) is 6.45. The number of hydrogen-bond donors (Lipinski definition) is 1. The monoisotopic (exact) mass is 279 g/mol. The van der Waals surface area contributed by atoms with Gasteiger partial charge in [-0.3, -0.25) is 0 Å². The van der Waals surface area contributed by atoms with Gasteiger partial charge in [-0.25, -0.2) is 8.42 Å². The highest BCUT2D eigenvalue weighted by atomic mass is 32.2. The van der Waals surface area contributed by atoms with E-state index in [2.05, 4.69) is 5.32 Å². The Morgan fingerprint density at radius 1 is 1.37 bits per heavy atom. The number of nitrogens with zero attached hydrogens (tertiary/aromatic N) is 2. The van der Waals surface area contributed by atoms with Crippen molar-refractivity contribution < 1.29 is 8.42 Å². The maximum absolute atomic E-state index is 12.6. The highest BCUT2D eigenvalue weighted by Crippen LogP contribution is 2.20. The third-order valence-electron chi connectivity index (χ3n) is 3.20. The average Bonchev–Trinajstić information content (AvgIpc) is 2.36. The zero-order chi connectivity index (χ0) is 13.9. The fourth-order valence-corrected chi connectivity index (χ4v) is 3.75. The van der Waals surface area contributed by atoms with Crippen molar-refractivity contribution in [2.24, 2.45) is 0 Å². The molecule has 0 spiro atoms. The first kappa shape index (κ1) is 14.0. The molecule has 1 saturated heterocycles. The lowest BCUT2D eigenvalue weighted by Crippen LogP contribution is -2.58. The predicted octanol–water partition coefficient (Wildman–Crippen LogP) is 0.931. The van der Waals surface area contributed by atoms with Gasteiger partial charge in [0, 0.05) is 19.6 Å². The largest absolute Gasteiger partial charge is 0.313 e. The molecule has 0 bridgehead atoms. The average molecular weight is 279 g/mol. The maximum Gasteiger partial charge on any atom is 0.243 e. The van der Waals surface area contributed by atoms with Gasteiger partial charge >= 0.3 is 0 Å². The van der Waals surface area contributed by atoms with Gasteiger partial charge < -0.3 is 5.32 Å². The Bertz CT molecular complexity index is 571. The fraction of sp³-hybridized carbons (Fsp3) is 0.462. The number of nitriles is 1. The van der Waals surface area contributed by atoms with Crippen LogP contribution in [0.15, 0.2) is 29.2 Å². The standard InChI is InChI=1S/C13H17N3O2S/c1-2-7-16(12-9-15-10-12)19(17,18)13-5-3-11(8-14)4-6-13/h3-6,12,15H,2,7,9-10H2,1H3. The van der Waals surface area contributed by atoms with Crippen molar-refractivity contribution in [3.8, 4) is 6.07 Å².